The summed E-state index contributed by atoms with van der Waals surface area (Å²) >= 11 is 0. The zero-order chi connectivity index (χ0) is 17.7. The van der Waals surface area contributed by atoms with Gasteiger partial charge in [-0.15, -0.1) is 0 Å². The average molecular weight is 340 g/mol. The quantitative estimate of drug-likeness (QED) is 0.558. The Balaban J connectivity index is 2.29. The van der Waals surface area contributed by atoms with Crippen molar-refractivity contribution < 1.29 is 27.7 Å². The van der Waals surface area contributed by atoms with Gasteiger partial charge in [0.25, 0.3) is 0 Å². The van der Waals surface area contributed by atoms with Gasteiger partial charge < -0.3 is 14.0 Å². The highest BCUT2D eigenvalue weighted by atomic mass is 19.3. The lowest BCUT2D eigenvalue weighted by Crippen LogP contribution is -2.04. The van der Waals surface area contributed by atoms with E-state index in [4.69, 9.17) is 9.26 Å². The van der Waals surface area contributed by atoms with Crippen LogP contribution in [0.2, 0.25) is 0 Å². The largest absolute Gasteiger partial charge is 0.490 e. The third-order valence-electron chi connectivity index (χ3n) is 2.96. The van der Waals surface area contributed by atoms with Gasteiger partial charge in [0, 0.05) is 6.92 Å². The number of nitro groups is 1. The van der Waals surface area contributed by atoms with Crippen LogP contribution in [0.15, 0.2) is 22.7 Å². The van der Waals surface area contributed by atoms with Crippen molar-refractivity contribution in [2.45, 2.75) is 20.5 Å². The van der Waals surface area contributed by atoms with Crippen LogP contribution in [-0.4, -0.2) is 23.3 Å². The van der Waals surface area contributed by atoms with Gasteiger partial charge in [-0.1, -0.05) is 17.3 Å². The first kappa shape index (κ1) is 17.4. The van der Waals surface area contributed by atoms with Crippen LogP contribution in [0.1, 0.15) is 23.9 Å². The molecule has 2 rings (SSSR count). The monoisotopic (exact) mass is 340 g/mol. The zero-order valence-corrected chi connectivity index (χ0v) is 12.9. The van der Waals surface area contributed by atoms with E-state index in [2.05, 4.69) is 9.89 Å². The number of alkyl halides is 2. The number of aromatic nitrogens is 1. The molecule has 0 atom stereocenters. The summed E-state index contributed by atoms with van der Waals surface area (Å²) in [7, 11) is 0. The summed E-state index contributed by atoms with van der Waals surface area (Å²) in [6, 6.07) is 4.32. The molecule has 2 aromatic rings. The molecule has 0 radical (unpaired) electrons. The molecule has 0 aliphatic carbocycles. The van der Waals surface area contributed by atoms with Crippen molar-refractivity contribution in [3.63, 3.8) is 0 Å². The molecule has 24 heavy (non-hydrogen) atoms. The second-order valence-corrected chi connectivity index (χ2v) is 4.58. The van der Waals surface area contributed by atoms with E-state index in [0.717, 1.165) is 0 Å². The van der Waals surface area contributed by atoms with E-state index in [1.165, 1.54) is 37.3 Å². The first-order valence-electron chi connectivity index (χ1n) is 6.92. The van der Waals surface area contributed by atoms with Crippen LogP contribution in [0.4, 0.5) is 14.5 Å². The Labute approximate surface area is 135 Å². The fourth-order valence-corrected chi connectivity index (χ4v) is 1.98. The molecule has 0 bridgehead atoms. The van der Waals surface area contributed by atoms with Crippen molar-refractivity contribution in [1.82, 2.24) is 5.16 Å². The SMILES string of the molecule is CCOc1cc(/C=C/c2noc(C)c2[N+](=O)[O-])ccc1OC(F)F. The molecule has 0 N–H and O–H groups in total. The van der Waals surface area contributed by atoms with Crippen LogP contribution >= 0.6 is 0 Å². The number of rotatable bonds is 7. The first-order valence-corrected chi connectivity index (χ1v) is 6.92. The van der Waals surface area contributed by atoms with E-state index >= 15 is 0 Å². The molecule has 0 saturated heterocycles. The van der Waals surface area contributed by atoms with Gasteiger partial charge in [0.1, 0.15) is 0 Å². The summed E-state index contributed by atoms with van der Waals surface area (Å²) in [5.74, 6) is 0.147. The van der Waals surface area contributed by atoms with Gasteiger partial charge >= 0.3 is 12.3 Å². The summed E-state index contributed by atoms with van der Waals surface area (Å²) in [4.78, 5) is 10.4. The van der Waals surface area contributed by atoms with Crippen LogP contribution in [-0.2, 0) is 0 Å². The molecule has 9 heteroatoms. The number of benzene rings is 1. The summed E-state index contributed by atoms with van der Waals surface area (Å²) in [6.07, 6.45) is 2.92. The third-order valence-corrected chi connectivity index (χ3v) is 2.96. The Morgan fingerprint density at radius 1 is 1.38 bits per heavy atom. The van der Waals surface area contributed by atoms with Gasteiger partial charge in [-0.2, -0.15) is 8.78 Å². The van der Waals surface area contributed by atoms with Crippen molar-refractivity contribution in [3.05, 3.63) is 45.3 Å². The highest BCUT2D eigenvalue weighted by molar-refractivity contribution is 5.73. The van der Waals surface area contributed by atoms with Crippen LogP contribution in [0, 0.1) is 17.0 Å². The number of hydrogen-bond acceptors (Lipinski definition) is 6. The molecule has 1 aromatic heterocycles. The number of ether oxygens (including phenoxy) is 2. The number of nitrogens with zero attached hydrogens (tertiary/aromatic N) is 2. The summed E-state index contributed by atoms with van der Waals surface area (Å²) in [5.41, 5.74) is 0.396. The standard InChI is InChI=1S/C15H14F2N2O5/c1-3-22-13-8-10(5-7-12(13)23-15(16)17)4-6-11-14(19(20)21)9(2)24-18-11/h4-8,15H,3H2,1-2H3/b6-4+. The third kappa shape index (κ3) is 4.06. The number of aryl methyl sites for hydroxylation is 1. The zero-order valence-electron chi connectivity index (χ0n) is 12.9. The van der Waals surface area contributed by atoms with Crippen molar-refractivity contribution in [2.75, 3.05) is 6.61 Å². The average Bonchev–Trinajstić information content (AvgIpc) is 2.88. The first-order chi connectivity index (χ1) is 11.4. The van der Waals surface area contributed by atoms with Crippen LogP contribution in [0.25, 0.3) is 12.2 Å². The molecule has 1 aromatic carbocycles. The Kier molecular flexibility index (Phi) is 5.46. The van der Waals surface area contributed by atoms with E-state index in [1.807, 2.05) is 0 Å². The molecule has 0 aliphatic heterocycles. The van der Waals surface area contributed by atoms with E-state index in [9.17, 15) is 18.9 Å². The summed E-state index contributed by atoms with van der Waals surface area (Å²) in [5, 5.41) is 14.6. The molecular weight excluding hydrogens is 326 g/mol. The lowest BCUT2D eigenvalue weighted by Gasteiger charge is -2.11. The maximum atomic E-state index is 12.4. The Morgan fingerprint density at radius 2 is 2.12 bits per heavy atom. The normalized spacial score (nSPS) is 11.2. The molecule has 0 fully saturated rings. The van der Waals surface area contributed by atoms with Gasteiger partial charge in [0.15, 0.2) is 17.2 Å². The lowest BCUT2D eigenvalue weighted by atomic mass is 10.1. The smallest absolute Gasteiger partial charge is 0.387 e. The van der Waals surface area contributed by atoms with Gasteiger partial charge in [-0.05, 0) is 30.7 Å². The van der Waals surface area contributed by atoms with E-state index < -0.39 is 11.5 Å². The van der Waals surface area contributed by atoms with Crippen molar-refractivity contribution in [1.29, 1.82) is 0 Å². The Morgan fingerprint density at radius 3 is 2.75 bits per heavy atom. The van der Waals surface area contributed by atoms with Gasteiger partial charge in [-0.3, -0.25) is 10.1 Å². The minimum Gasteiger partial charge on any atom is -0.490 e. The number of halogens is 2. The fraction of sp³-hybridized carbons (Fsp3) is 0.267. The predicted molar refractivity (Wildman–Crippen MR) is 81.1 cm³/mol. The molecule has 0 unspecified atom stereocenters. The second kappa shape index (κ2) is 7.53. The van der Waals surface area contributed by atoms with Crippen LogP contribution in [0.5, 0.6) is 11.5 Å². The molecule has 128 valence electrons. The Hall–Kier alpha value is -2.97. The molecule has 0 spiro atoms. The van der Waals surface area contributed by atoms with Gasteiger partial charge in [-0.25, -0.2) is 0 Å². The Bertz CT molecular complexity index is 758. The van der Waals surface area contributed by atoms with Gasteiger partial charge in [0.2, 0.25) is 5.76 Å². The topological polar surface area (TPSA) is 87.6 Å². The minimum atomic E-state index is -2.97. The highest BCUT2D eigenvalue weighted by Gasteiger charge is 2.21. The molecule has 7 nitrogen and oxygen atoms in total. The predicted octanol–water partition coefficient (Wildman–Crippen LogP) is 4.06. The molecule has 0 amide bonds. The van der Waals surface area contributed by atoms with Crippen LogP contribution in [0.3, 0.4) is 0 Å². The van der Waals surface area contributed by atoms with E-state index in [1.54, 1.807) is 6.92 Å². The van der Waals surface area contributed by atoms with Crippen molar-refractivity contribution >= 4 is 17.8 Å². The summed E-state index contributed by atoms with van der Waals surface area (Å²) < 4.78 is 39.1. The molecule has 0 saturated carbocycles. The number of hydrogen-bond donors (Lipinski definition) is 0. The molecule has 0 aliphatic rings. The molecular formula is C15H14F2N2O5. The lowest BCUT2D eigenvalue weighted by molar-refractivity contribution is -0.386. The summed E-state index contributed by atoms with van der Waals surface area (Å²) in [6.45, 7) is 0.439. The molecule has 1 heterocycles. The van der Waals surface area contributed by atoms with E-state index in [-0.39, 0.29) is 35.2 Å². The van der Waals surface area contributed by atoms with Crippen molar-refractivity contribution in [3.8, 4) is 11.5 Å². The fourth-order valence-electron chi connectivity index (χ4n) is 1.98. The minimum absolute atomic E-state index is 0.0587. The highest BCUT2D eigenvalue weighted by Crippen LogP contribution is 2.31. The maximum Gasteiger partial charge on any atom is 0.387 e. The second-order valence-electron chi connectivity index (χ2n) is 4.58. The van der Waals surface area contributed by atoms with Crippen molar-refractivity contribution in [2.24, 2.45) is 0 Å². The van der Waals surface area contributed by atoms with Gasteiger partial charge in [0.05, 0.1) is 11.5 Å². The van der Waals surface area contributed by atoms with Crippen LogP contribution < -0.4 is 9.47 Å². The maximum absolute atomic E-state index is 12.4. The van der Waals surface area contributed by atoms with E-state index in [0.29, 0.717) is 5.56 Å².